The third kappa shape index (κ3) is 3.69. The van der Waals surface area contributed by atoms with Crippen LogP contribution in [0, 0.1) is 0 Å². The van der Waals surface area contributed by atoms with Crippen LogP contribution < -0.4 is 20.3 Å². The molecule has 146 valence electrons. The lowest BCUT2D eigenvalue weighted by Crippen LogP contribution is -2.35. The molecule has 0 radical (unpaired) electrons. The molecular weight excluding hydrogens is 358 g/mol. The second-order valence-corrected chi connectivity index (χ2v) is 6.46. The number of benzene rings is 2. The number of nitrogens with one attached hydrogen (secondary N) is 1. The quantitative estimate of drug-likeness (QED) is 0.710. The third-order valence-corrected chi connectivity index (χ3v) is 4.59. The van der Waals surface area contributed by atoms with Gasteiger partial charge in [0.25, 0.3) is 11.5 Å². The highest BCUT2D eigenvalue weighted by Gasteiger charge is 2.19. The van der Waals surface area contributed by atoms with Crippen molar-refractivity contribution in [2.75, 3.05) is 14.2 Å². The van der Waals surface area contributed by atoms with E-state index >= 15 is 0 Å². The first kappa shape index (κ1) is 19.4. The number of methoxy groups -OCH3 is 2. The Morgan fingerprint density at radius 2 is 1.71 bits per heavy atom. The number of amides is 1. The Kier molecular flexibility index (Phi) is 5.63. The standard InChI is InChI=1S/C21H23N3O4/c1-5-13(2)22-20(25)19-17-8-6-7-9-18(17)21(26)24(23-19)14-10-15(27-3)12-16(11-14)28-4/h6-13H,5H2,1-4H3,(H,22,25)/t13-/m0/s1. The number of rotatable bonds is 6. The number of nitrogens with zero attached hydrogens (tertiary/aromatic N) is 2. The maximum atomic E-state index is 13.1. The van der Waals surface area contributed by atoms with E-state index in [4.69, 9.17) is 9.47 Å². The second kappa shape index (κ2) is 8.12. The van der Waals surface area contributed by atoms with Crippen molar-refractivity contribution in [3.05, 3.63) is 58.5 Å². The predicted octanol–water partition coefficient (Wildman–Crippen LogP) is 2.93. The summed E-state index contributed by atoms with van der Waals surface area (Å²) in [6, 6.07) is 12.0. The second-order valence-electron chi connectivity index (χ2n) is 6.46. The number of carbonyl (C=O) groups excluding carboxylic acids is 1. The lowest BCUT2D eigenvalue weighted by molar-refractivity contribution is 0.0934. The molecule has 3 rings (SSSR count). The topological polar surface area (TPSA) is 82.5 Å². The number of hydrogen-bond acceptors (Lipinski definition) is 5. The number of fused-ring (bicyclic) bond motifs is 1. The zero-order chi connectivity index (χ0) is 20.3. The number of carbonyl (C=O) groups is 1. The molecule has 7 heteroatoms. The summed E-state index contributed by atoms with van der Waals surface area (Å²) in [5.41, 5.74) is 0.313. The monoisotopic (exact) mass is 381 g/mol. The van der Waals surface area contributed by atoms with Gasteiger partial charge in [-0.25, -0.2) is 0 Å². The van der Waals surface area contributed by atoms with Crippen molar-refractivity contribution in [1.82, 2.24) is 15.1 Å². The summed E-state index contributed by atoms with van der Waals surface area (Å²) in [5, 5.41) is 8.23. The molecule has 0 saturated carbocycles. The van der Waals surface area contributed by atoms with Crippen LogP contribution in [0.15, 0.2) is 47.3 Å². The van der Waals surface area contributed by atoms with E-state index in [0.29, 0.717) is 28.0 Å². The van der Waals surface area contributed by atoms with Crippen LogP contribution in [0.1, 0.15) is 30.8 Å². The van der Waals surface area contributed by atoms with Gasteiger partial charge in [-0.15, -0.1) is 0 Å². The maximum absolute atomic E-state index is 13.1. The molecule has 0 unspecified atom stereocenters. The first-order chi connectivity index (χ1) is 13.5. The summed E-state index contributed by atoms with van der Waals surface area (Å²) in [6.07, 6.45) is 0.788. The van der Waals surface area contributed by atoms with Gasteiger partial charge in [0.15, 0.2) is 5.69 Å². The Bertz CT molecular complexity index is 1050. The molecule has 0 aliphatic carbocycles. The Labute approximate surface area is 162 Å². The van der Waals surface area contributed by atoms with E-state index in [2.05, 4.69) is 10.4 Å². The molecule has 0 fully saturated rings. The summed E-state index contributed by atoms with van der Waals surface area (Å²) < 4.78 is 11.8. The molecule has 0 saturated heterocycles. The molecule has 0 bridgehead atoms. The number of aromatic nitrogens is 2. The van der Waals surface area contributed by atoms with Gasteiger partial charge in [-0.3, -0.25) is 9.59 Å². The number of ether oxygens (including phenoxy) is 2. The van der Waals surface area contributed by atoms with Gasteiger partial charge in [-0.05, 0) is 19.4 Å². The van der Waals surface area contributed by atoms with Gasteiger partial charge in [0.2, 0.25) is 0 Å². The van der Waals surface area contributed by atoms with E-state index < -0.39 is 0 Å². The van der Waals surface area contributed by atoms with Gasteiger partial charge >= 0.3 is 0 Å². The Hall–Kier alpha value is -3.35. The van der Waals surface area contributed by atoms with Gasteiger partial charge in [0.1, 0.15) is 11.5 Å². The minimum absolute atomic E-state index is 0.00893. The van der Waals surface area contributed by atoms with Gasteiger partial charge in [-0.2, -0.15) is 9.78 Å². The Morgan fingerprint density at radius 3 is 2.29 bits per heavy atom. The summed E-state index contributed by atoms with van der Waals surface area (Å²) in [5.74, 6) is 0.706. The minimum atomic E-state index is -0.328. The molecule has 1 atom stereocenters. The van der Waals surface area contributed by atoms with E-state index in [9.17, 15) is 9.59 Å². The molecule has 3 aromatic rings. The lowest BCUT2D eigenvalue weighted by Gasteiger charge is -2.15. The van der Waals surface area contributed by atoms with Crippen LogP contribution in [0.4, 0.5) is 0 Å². The van der Waals surface area contributed by atoms with Crippen LogP contribution in [0.3, 0.4) is 0 Å². The highest BCUT2D eigenvalue weighted by Crippen LogP contribution is 2.25. The molecular formula is C21H23N3O4. The van der Waals surface area contributed by atoms with Crippen molar-refractivity contribution in [2.45, 2.75) is 26.3 Å². The van der Waals surface area contributed by atoms with Crippen molar-refractivity contribution in [1.29, 1.82) is 0 Å². The average molecular weight is 381 g/mol. The van der Waals surface area contributed by atoms with Crippen molar-refractivity contribution in [2.24, 2.45) is 0 Å². The van der Waals surface area contributed by atoms with E-state index in [0.717, 1.165) is 6.42 Å². The zero-order valence-corrected chi connectivity index (χ0v) is 16.4. The summed E-state index contributed by atoms with van der Waals surface area (Å²) in [6.45, 7) is 3.91. The lowest BCUT2D eigenvalue weighted by atomic mass is 10.1. The SMILES string of the molecule is CC[C@H](C)NC(=O)c1nn(-c2cc(OC)cc(OC)c2)c(=O)c2ccccc12. The molecule has 0 aliphatic heterocycles. The van der Waals surface area contributed by atoms with Gasteiger partial charge in [-0.1, -0.05) is 25.1 Å². The molecule has 1 heterocycles. The zero-order valence-electron chi connectivity index (χ0n) is 16.4. The molecule has 1 N–H and O–H groups in total. The van der Waals surface area contributed by atoms with Gasteiger partial charge < -0.3 is 14.8 Å². The van der Waals surface area contributed by atoms with Crippen LogP contribution in [0.2, 0.25) is 0 Å². The van der Waals surface area contributed by atoms with Crippen LogP contribution >= 0.6 is 0 Å². The van der Waals surface area contributed by atoms with Crippen LogP contribution in [-0.4, -0.2) is 35.9 Å². The largest absolute Gasteiger partial charge is 0.497 e. The van der Waals surface area contributed by atoms with Gasteiger partial charge in [0, 0.05) is 29.6 Å². The summed E-state index contributed by atoms with van der Waals surface area (Å²) in [7, 11) is 3.06. The predicted molar refractivity (Wildman–Crippen MR) is 108 cm³/mol. The van der Waals surface area contributed by atoms with Crippen LogP contribution in [0.5, 0.6) is 11.5 Å². The Morgan fingerprint density at radius 1 is 1.11 bits per heavy atom. The molecule has 7 nitrogen and oxygen atoms in total. The normalized spacial score (nSPS) is 11.9. The fraction of sp³-hybridized carbons (Fsp3) is 0.286. The highest BCUT2D eigenvalue weighted by atomic mass is 16.5. The van der Waals surface area contributed by atoms with Crippen molar-refractivity contribution < 1.29 is 14.3 Å². The molecule has 0 aliphatic rings. The van der Waals surface area contributed by atoms with Crippen molar-refractivity contribution >= 4 is 16.7 Å². The number of hydrogen-bond donors (Lipinski definition) is 1. The third-order valence-electron chi connectivity index (χ3n) is 4.59. The van der Waals surface area contributed by atoms with E-state index in [1.165, 1.54) is 18.9 Å². The van der Waals surface area contributed by atoms with Crippen LogP contribution in [0.25, 0.3) is 16.5 Å². The summed E-state index contributed by atoms with van der Waals surface area (Å²) in [4.78, 5) is 25.9. The fourth-order valence-electron chi connectivity index (χ4n) is 2.84. The average Bonchev–Trinajstić information content (AvgIpc) is 2.73. The molecule has 1 amide bonds. The van der Waals surface area contributed by atoms with Crippen molar-refractivity contribution in [3.8, 4) is 17.2 Å². The first-order valence-corrected chi connectivity index (χ1v) is 9.04. The smallest absolute Gasteiger partial charge is 0.279 e. The van der Waals surface area contributed by atoms with Crippen molar-refractivity contribution in [3.63, 3.8) is 0 Å². The van der Waals surface area contributed by atoms with E-state index in [1.54, 1.807) is 42.5 Å². The molecule has 28 heavy (non-hydrogen) atoms. The Balaban J connectivity index is 2.26. The maximum Gasteiger partial charge on any atom is 0.279 e. The first-order valence-electron chi connectivity index (χ1n) is 9.04. The minimum Gasteiger partial charge on any atom is -0.497 e. The molecule has 2 aromatic carbocycles. The van der Waals surface area contributed by atoms with Gasteiger partial charge in [0.05, 0.1) is 25.3 Å². The van der Waals surface area contributed by atoms with E-state index in [1.807, 2.05) is 13.8 Å². The van der Waals surface area contributed by atoms with E-state index in [-0.39, 0.29) is 23.2 Å². The van der Waals surface area contributed by atoms with Crippen LogP contribution in [-0.2, 0) is 0 Å². The molecule has 1 aromatic heterocycles. The molecule has 0 spiro atoms. The highest BCUT2D eigenvalue weighted by molar-refractivity contribution is 6.04. The summed E-state index contributed by atoms with van der Waals surface area (Å²) >= 11 is 0. The fourth-order valence-corrected chi connectivity index (χ4v) is 2.84.